The van der Waals surface area contributed by atoms with E-state index in [4.69, 9.17) is 4.42 Å². The van der Waals surface area contributed by atoms with Gasteiger partial charge in [-0.15, -0.1) is 0 Å². The molecule has 7 heteroatoms. The van der Waals surface area contributed by atoms with E-state index < -0.39 is 0 Å². The number of oxazole rings is 1. The molecule has 0 radical (unpaired) electrons. The van der Waals surface area contributed by atoms with Crippen LogP contribution in [-0.2, 0) is 11.2 Å². The number of guanidine groups is 1. The van der Waals surface area contributed by atoms with Crippen molar-refractivity contribution in [2.45, 2.75) is 33.1 Å². The number of likely N-dealkylation sites (tertiary alicyclic amines) is 1. The van der Waals surface area contributed by atoms with E-state index in [1.165, 1.54) is 5.56 Å². The fourth-order valence-electron chi connectivity index (χ4n) is 3.11. The van der Waals surface area contributed by atoms with Gasteiger partial charge in [0.15, 0.2) is 5.96 Å². The predicted octanol–water partition coefficient (Wildman–Crippen LogP) is 2.37. The molecule has 7 nitrogen and oxygen atoms in total. The van der Waals surface area contributed by atoms with E-state index in [1.54, 1.807) is 6.26 Å². The first-order chi connectivity index (χ1) is 13.7. The highest BCUT2D eigenvalue weighted by molar-refractivity contribution is 5.85. The maximum atomic E-state index is 12.1. The van der Waals surface area contributed by atoms with Gasteiger partial charge in [-0.2, -0.15) is 0 Å². The Morgan fingerprint density at radius 1 is 1.21 bits per heavy atom. The number of aliphatic imine (C=N–C) groups is 1. The predicted molar refractivity (Wildman–Crippen MR) is 110 cm³/mol. The van der Waals surface area contributed by atoms with E-state index in [1.807, 2.05) is 36.1 Å². The van der Waals surface area contributed by atoms with Crippen LogP contribution in [-0.4, -0.2) is 54.5 Å². The number of aryl methyl sites for hydroxylation is 1. The van der Waals surface area contributed by atoms with Crippen LogP contribution in [0.5, 0.6) is 0 Å². The molecule has 1 aliphatic rings. The SMILES string of the molecule is CCNC(=NCC(=O)N1CCCC1)NCCc1coc(-c2ccc(C)cc2)n1. The summed E-state index contributed by atoms with van der Waals surface area (Å²) >= 11 is 0. The lowest BCUT2D eigenvalue weighted by Crippen LogP contribution is -2.39. The fourth-order valence-corrected chi connectivity index (χ4v) is 3.11. The Bertz CT molecular complexity index is 791. The minimum atomic E-state index is 0.0916. The molecule has 0 bridgehead atoms. The molecule has 2 aromatic rings. The number of rotatable bonds is 7. The molecule has 28 heavy (non-hydrogen) atoms. The number of nitrogens with zero attached hydrogens (tertiary/aromatic N) is 3. The normalized spacial score (nSPS) is 14.4. The van der Waals surface area contributed by atoms with Crippen molar-refractivity contribution < 1.29 is 9.21 Å². The van der Waals surface area contributed by atoms with Crippen molar-refractivity contribution in [1.29, 1.82) is 0 Å². The largest absolute Gasteiger partial charge is 0.444 e. The van der Waals surface area contributed by atoms with Crippen LogP contribution < -0.4 is 10.6 Å². The molecule has 1 fully saturated rings. The van der Waals surface area contributed by atoms with Crippen molar-refractivity contribution in [1.82, 2.24) is 20.5 Å². The molecule has 150 valence electrons. The Labute approximate surface area is 166 Å². The summed E-state index contributed by atoms with van der Waals surface area (Å²) in [7, 11) is 0. The van der Waals surface area contributed by atoms with Gasteiger partial charge in [0, 0.05) is 38.2 Å². The Balaban J connectivity index is 1.49. The van der Waals surface area contributed by atoms with Gasteiger partial charge in [0.2, 0.25) is 11.8 Å². The van der Waals surface area contributed by atoms with Crippen LogP contribution in [0.15, 0.2) is 39.9 Å². The van der Waals surface area contributed by atoms with Crippen LogP contribution in [0.4, 0.5) is 0 Å². The Morgan fingerprint density at radius 3 is 2.68 bits per heavy atom. The van der Waals surface area contributed by atoms with Gasteiger partial charge in [0.25, 0.3) is 0 Å². The van der Waals surface area contributed by atoms with Crippen LogP contribution in [0.1, 0.15) is 31.0 Å². The van der Waals surface area contributed by atoms with Gasteiger partial charge in [-0.1, -0.05) is 17.7 Å². The average Bonchev–Trinajstić information content (AvgIpc) is 3.39. The van der Waals surface area contributed by atoms with E-state index in [0.29, 0.717) is 24.8 Å². The van der Waals surface area contributed by atoms with Gasteiger partial charge < -0.3 is 20.0 Å². The summed E-state index contributed by atoms with van der Waals surface area (Å²) in [4.78, 5) is 23.0. The molecular weight excluding hydrogens is 354 g/mol. The van der Waals surface area contributed by atoms with Gasteiger partial charge in [0.1, 0.15) is 12.8 Å². The number of aromatic nitrogens is 1. The van der Waals surface area contributed by atoms with Crippen molar-refractivity contribution in [3.8, 4) is 11.5 Å². The lowest BCUT2D eigenvalue weighted by molar-refractivity contribution is -0.128. The monoisotopic (exact) mass is 383 g/mol. The molecule has 1 amide bonds. The summed E-state index contributed by atoms with van der Waals surface area (Å²) in [5.74, 6) is 1.37. The summed E-state index contributed by atoms with van der Waals surface area (Å²) in [6, 6.07) is 8.11. The van der Waals surface area contributed by atoms with Gasteiger partial charge in [-0.3, -0.25) is 4.79 Å². The van der Waals surface area contributed by atoms with Crippen LogP contribution in [0.3, 0.4) is 0 Å². The molecule has 0 atom stereocenters. The molecule has 0 unspecified atom stereocenters. The third-order valence-electron chi connectivity index (χ3n) is 4.70. The number of nitrogens with one attached hydrogen (secondary N) is 2. The first-order valence-corrected chi connectivity index (χ1v) is 9.97. The highest BCUT2D eigenvalue weighted by Crippen LogP contribution is 2.19. The summed E-state index contributed by atoms with van der Waals surface area (Å²) in [5, 5.41) is 6.43. The Kier molecular flexibility index (Phi) is 7.06. The third-order valence-corrected chi connectivity index (χ3v) is 4.70. The molecular formula is C21H29N5O2. The van der Waals surface area contributed by atoms with Crippen molar-refractivity contribution in [2.75, 3.05) is 32.7 Å². The first-order valence-electron chi connectivity index (χ1n) is 9.97. The van der Waals surface area contributed by atoms with E-state index in [9.17, 15) is 4.79 Å². The molecule has 0 saturated carbocycles. The molecule has 0 aliphatic carbocycles. The van der Waals surface area contributed by atoms with Crippen LogP contribution in [0.2, 0.25) is 0 Å². The second kappa shape index (κ2) is 9.92. The maximum absolute atomic E-state index is 12.1. The van der Waals surface area contributed by atoms with E-state index in [0.717, 1.165) is 43.7 Å². The fraction of sp³-hybridized carbons (Fsp3) is 0.476. The topological polar surface area (TPSA) is 82.8 Å². The zero-order valence-corrected chi connectivity index (χ0v) is 16.7. The second-order valence-electron chi connectivity index (χ2n) is 6.97. The van der Waals surface area contributed by atoms with E-state index >= 15 is 0 Å². The maximum Gasteiger partial charge on any atom is 0.244 e. The average molecular weight is 383 g/mol. The van der Waals surface area contributed by atoms with Crippen LogP contribution in [0, 0.1) is 6.92 Å². The minimum Gasteiger partial charge on any atom is -0.444 e. The van der Waals surface area contributed by atoms with Gasteiger partial charge >= 0.3 is 0 Å². The number of carbonyl (C=O) groups excluding carboxylic acids is 1. The smallest absolute Gasteiger partial charge is 0.244 e. The molecule has 0 spiro atoms. The van der Waals surface area contributed by atoms with E-state index in [2.05, 4.69) is 27.5 Å². The highest BCUT2D eigenvalue weighted by Gasteiger charge is 2.17. The molecule has 2 N–H and O–H groups in total. The van der Waals surface area contributed by atoms with Crippen LogP contribution >= 0.6 is 0 Å². The molecule has 2 heterocycles. The molecule has 1 aromatic heterocycles. The van der Waals surface area contributed by atoms with Crippen molar-refractivity contribution in [3.05, 3.63) is 41.8 Å². The number of amides is 1. The summed E-state index contributed by atoms with van der Waals surface area (Å²) in [6.45, 7) is 7.34. The Hall–Kier alpha value is -2.83. The minimum absolute atomic E-state index is 0.0916. The zero-order valence-electron chi connectivity index (χ0n) is 16.7. The second-order valence-corrected chi connectivity index (χ2v) is 6.97. The summed E-state index contributed by atoms with van der Waals surface area (Å²) < 4.78 is 5.60. The van der Waals surface area contributed by atoms with Gasteiger partial charge in [0.05, 0.1) is 5.69 Å². The highest BCUT2D eigenvalue weighted by atomic mass is 16.3. The third kappa shape index (κ3) is 5.58. The van der Waals surface area contributed by atoms with Crippen molar-refractivity contribution in [2.24, 2.45) is 4.99 Å². The number of hydrogen-bond acceptors (Lipinski definition) is 4. The number of carbonyl (C=O) groups is 1. The summed E-state index contributed by atoms with van der Waals surface area (Å²) in [5.41, 5.74) is 3.06. The van der Waals surface area contributed by atoms with Crippen molar-refractivity contribution in [3.63, 3.8) is 0 Å². The summed E-state index contributed by atoms with van der Waals surface area (Å²) in [6.07, 6.45) is 4.59. The number of benzene rings is 1. The quantitative estimate of drug-likeness (QED) is 0.567. The van der Waals surface area contributed by atoms with Crippen LogP contribution in [0.25, 0.3) is 11.5 Å². The van der Waals surface area contributed by atoms with Gasteiger partial charge in [-0.05, 0) is 38.8 Å². The molecule has 1 saturated heterocycles. The van der Waals surface area contributed by atoms with Gasteiger partial charge in [-0.25, -0.2) is 9.98 Å². The lowest BCUT2D eigenvalue weighted by atomic mass is 10.1. The lowest BCUT2D eigenvalue weighted by Gasteiger charge is -2.15. The zero-order chi connectivity index (χ0) is 19.8. The first kappa shape index (κ1) is 19.9. The molecule has 3 rings (SSSR count). The molecule has 1 aliphatic heterocycles. The van der Waals surface area contributed by atoms with Crippen molar-refractivity contribution >= 4 is 11.9 Å². The standard InChI is InChI=1S/C21H29N5O2/c1-3-22-21(24-14-19(27)26-12-4-5-13-26)23-11-10-18-15-28-20(25-18)17-8-6-16(2)7-9-17/h6-9,15H,3-5,10-14H2,1-2H3,(H2,22,23,24). The number of hydrogen-bond donors (Lipinski definition) is 2. The van der Waals surface area contributed by atoms with E-state index in [-0.39, 0.29) is 12.5 Å². The Morgan fingerprint density at radius 2 is 1.96 bits per heavy atom. The molecule has 1 aromatic carbocycles.